The second-order valence-corrected chi connectivity index (χ2v) is 4.07. The molecular formula is C6H4F2N2O4S. The number of rotatable bonds is 2. The summed E-state index contributed by atoms with van der Waals surface area (Å²) < 4.78 is 47.3. The standard InChI is InChI=1S/C6H4F2N2O4S/c7-3-1-4(10(11)12)6(8)5(2-3)15(9,13)14/h1-2H,(H2,9,13,14). The Bertz CT molecular complexity index is 528. The maximum absolute atomic E-state index is 13.1. The maximum Gasteiger partial charge on any atom is 0.309 e. The molecular weight excluding hydrogens is 234 g/mol. The van der Waals surface area contributed by atoms with Crippen molar-refractivity contribution in [1.82, 2.24) is 0 Å². The zero-order valence-electron chi connectivity index (χ0n) is 6.98. The van der Waals surface area contributed by atoms with E-state index in [0.717, 1.165) is 0 Å². The van der Waals surface area contributed by atoms with Gasteiger partial charge in [-0.15, -0.1) is 0 Å². The van der Waals surface area contributed by atoms with Crippen molar-refractivity contribution in [3.8, 4) is 0 Å². The predicted octanol–water partition coefficient (Wildman–Crippen LogP) is 0.520. The minimum atomic E-state index is -4.53. The summed E-state index contributed by atoms with van der Waals surface area (Å²) in [6, 6.07) is 0.543. The number of nitrogens with zero attached hydrogens (tertiary/aromatic N) is 1. The molecule has 0 atom stereocenters. The Balaban J connectivity index is 3.63. The van der Waals surface area contributed by atoms with E-state index in [2.05, 4.69) is 5.14 Å². The summed E-state index contributed by atoms with van der Waals surface area (Å²) in [5.41, 5.74) is -1.28. The first-order valence-corrected chi connectivity index (χ1v) is 4.94. The van der Waals surface area contributed by atoms with Crippen molar-refractivity contribution < 1.29 is 22.1 Å². The number of nitro groups is 1. The number of hydrogen-bond acceptors (Lipinski definition) is 4. The van der Waals surface area contributed by atoms with E-state index in [1.807, 2.05) is 0 Å². The molecule has 82 valence electrons. The SMILES string of the molecule is NS(=O)(=O)c1cc(F)cc([N+](=O)[O-])c1F. The van der Waals surface area contributed by atoms with Crippen LogP contribution in [0.25, 0.3) is 0 Å². The second-order valence-electron chi connectivity index (χ2n) is 2.54. The number of nitro benzene ring substituents is 1. The molecule has 2 N–H and O–H groups in total. The van der Waals surface area contributed by atoms with Crippen LogP contribution in [0.1, 0.15) is 0 Å². The molecule has 1 aromatic carbocycles. The molecule has 15 heavy (non-hydrogen) atoms. The molecule has 0 radical (unpaired) electrons. The van der Waals surface area contributed by atoms with E-state index >= 15 is 0 Å². The van der Waals surface area contributed by atoms with Crippen molar-refractivity contribution in [3.63, 3.8) is 0 Å². The lowest BCUT2D eigenvalue weighted by atomic mass is 10.3. The predicted molar refractivity (Wildman–Crippen MR) is 44.4 cm³/mol. The summed E-state index contributed by atoms with van der Waals surface area (Å²) in [5.74, 6) is -2.93. The van der Waals surface area contributed by atoms with Crippen LogP contribution in [-0.4, -0.2) is 13.3 Å². The highest BCUT2D eigenvalue weighted by atomic mass is 32.2. The van der Waals surface area contributed by atoms with Crippen LogP contribution < -0.4 is 5.14 Å². The van der Waals surface area contributed by atoms with Crippen molar-refractivity contribution >= 4 is 15.7 Å². The number of halogens is 2. The lowest BCUT2D eigenvalue weighted by Gasteiger charge is -2.01. The molecule has 0 aliphatic rings. The molecule has 0 unspecified atom stereocenters. The van der Waals surface area contributed by atoms with Crippen LogP contribution >= 0.6 is 0 Å². The minimum absolute atomic E-state index is 0.268. The maximum atomic E-state index is 13.1. The number of sulfonamides is 1. The Labute approximate surface area is 82.5 Å². The number of hydrogen-bond donors (Lipinski definition) is 1. The highest BCUT2D eigenvalue weighted by Gasteiger charge is 2.25. The van der Waals surface area contributed by atoms with Gasteiger partial charge in [0, 0.05) is 0 Å². The molecule has 0 bridgehead atoms. The summed E-state index contributed by atoms with van der Waals surface area (Å²) >= 11 is 0. The van der Waals surface area contributed by atoms with E-state index in [1.165, 1.54) is 0 Å². The van der Waals surface area contributed by atoms with Gasteiger partial charge in [-0.3, -0.25) is 10.1 Å². The van der Waals surface area contributed by atoms with Crippen molar-refractivity contribution in [2.45, 2.75) is 4.90 Å². The average molecular weight is 238 g/mol. The fourth-order valence-corrected chi connectivity index (χ4v) is 1.52. The first-order chi connectivity index (χ1) is 6.73. The second kappa shape index (κ2) is 3.51. The van der Waals surface area contributed by atoms with Gasteiger partial charge in [-0.1, -0.05) is 0 Å². The van der Waals surface area contributed by atoms with Crippen LogP contribution in [0.4, 0.5) is 14.5 Å². The van der Waals surface area contributed by atoms with Crippen LogP contribution in [0.3, 0.4) is 0 Å². The molecule has 0 aliphatic carbocycles. The highest BCUT2D eigenvalue weighted by molar-refractivity contribution is 7.89. The summed E-state index contributed by atoms with van der Waals surface area (Å²) in [6.45, 7) is 0. The van der Waals surface area contributed by atoms with Gasteiger partial charge in [0.25, 0.3) is 0 Å². The fraction of sp³-hybridized carbons (Fsp3) is 0. The molecule has 0 aliphatic heterocycles. The monoisotopic (exact) mass is 238 g/mol. The lowest BCUT2D eigenvalue weighted by Crippen LogP contribution is -2.15. The average Bonchev–Trinajstić information content (AvgIpc) is 2.06. The van der Waals surface area contributed by atoms with Gasteiger partial charge in [-0.05, 0) is 6.07 Å². The Hall–Kier alpha value is -1.61. The summed E-state index contributed by atoms with van der Waals surface area (Å²) in [6.07, 6.45) is 0. The lowest BCUT2D eigenvalue weighted by molar-refractivity contribution is -0.388. The van der Waals surface area contributed by atoms with E-state index in [-0.39, 0.29) is 12.1 Å². The molecule has 0 heterocycles. The van der Waals surface area contributed by atoms with Gasteiger partial charge in [0.1, 0.15) is 10.7 Å². The Kier molecular flexibility index (Phi) is 2.69. The molecule has 1 aromatic rings. The normalized spacial score (nSPS) is 11.4. The topological polar surface area (TPSA) is 103 Å². The van der Waals surface area contributed by atoms with Crippen LogP contribution in [0, 0.1) is 21.7 Å². The first kappa shape index (κ1) is 11.5. The van der Waals surface area contributed by atoms with Gasteiger partial charge in [0.05, 0.1) is 11.0 Å². The molecule has 0 fully saturated rings. The number of nitrogens with two attached hydrogens (primary N) is 1. The van der Waals surface area contributed by atoms with Crippen LogP contribution in [-0.2, 0) is 10.0 Å². The Morgan fingerprint density at radius 1 is 1.33 bits per heavy atom. The van der Waals surface area contributed by atoms with Crippen LogP contribution in [0.2, 0.25) is 0 Å². The fourth-order valence-electron chi connectivity index (χ4n) is 0.890. The van der Waals surface area contributed by atoms with E-state index in [9.17, 15) is 27.3 Å². The van der Waals surface area contributed by atoms with Crippen molar-refractivity contribution in [3.05, 3.63) is 33.9 Å². The highest BCUT2D eigenvalue weighted by Crippen LogP contribution is 2.24. The largest absolute Gasteiger partial charge is 0.309 e. The van der Waals surface area contributed by atoms with Gasteiger partial charge in [0.15, 0.2) is 0 Å². The third kappa shape index (κ3) is 2.25. The van der Waals surface area contributed by atoms with Crippen LogP contribution in [0.5, 0.6) is 0 Å². The molecule has 1 rings (SSSR count). The minimum Gasteiger partial charge on any atom is -0.258 e. The smallest absolute Gasteiger partial charge is 0.258 e. The van der Waals surface area contributed by atoms with Crippen molar-refractivity contribution in [2.75, 3.05) is 0 Å². The van der Waals surface area contributed by atoms with Gasteiger partial charge < -0.3 is 0 Å². The van der Waals surface area contributed by atoms with E-state index < -0.39 is 37.2 Å². The van der Waals surface area contributed by atoms with E-state index in [4.69, 9.17) is 0 Å². The van der Waals surface area contributed by atoms with Crippen molar-refractivity contribution in [2.24, 2.45) is 5.14 Å². The van der Waals surface area contributed by atoms with Crippen LogP contribution in [0.15, 0.2) is 17.0 Å². The van der Waals surface area contributed by atoms with E-state index in [1.54, 1.807) is 0 Å². The zero-order chi connectivity index (χ0) is 11.8. The zero-order valence-corrected chi connectivity index (χ0v) is 7.79. The molecule has 0 aromatic heterocycles. The Morgan fingerprint density at radius 3 is 2.27 bits per heavy atom. The third-order valence-electron chi connectivity index (χ3n) is 1.49. The number of primary sulfonamides is 1. The molecule has 6 nitrogen and oxygen atoms in total. The van der Waals surface area contributed by atoms with Gasteiger partial charge >= 0.3 is 5.69 Å². The summed E-state index contributed by atoms with van der Waals surface area (Å²) in [4.78, 5) is 7.73. The molecule has 0 spiro atoms. The molecule has 0 amide bonds. The van der Waals surface area contributed by atoms with E-state index in [0.29, 0.717) is 0 Å². The van der Waals surface area contributed by atoms with Gasteiger partial charge in [-0.25, -0.2) is 17.9 Å². The molecule has 0 saturated heterocycles. The van der Waals surface area contributed by atoms with Gasteiger partial charge in [-0.2, -0.15) is 4.39 Å². The summed E-state index contributed by atoms with van der Waals surface area (Å²) in [5, 5.41) is 14.8. The Morgan fingerprint density at radius 2 is 1.87 bits per heavy atom. The first-order valence-electron chi connectivity index (χ1n) is 3.39. The van der Waals surface area contributed by atoms with Crippen molar-refractivity contribution in [1.29, 1.82) is 0 Å². The third-order valence-corrected chi connectivity index (χ3v) is 2.40. The molecule has 9 heteroatoms. The summed E-state index contributed by atoms with van der Waals surface area (Å²) in [7, 11) is -4.53. The molecule has 0 saturated carbocycles. The van der Waals surface area contributed by atoms with Gasteiger partial charge in [0.2, 0.25) is 15.8 Å². The quantitative estimate of drug-likeness (QED) is 0.599. The number of benzene rings is 1.